The van der Waals surface area contributed by atoms with Crippen LogP contribution in [0.1, 0.15) is 72.1 Å². The highest BCUT2D eigenvalue weighted by atomic mass is 16.6. The fourth-order valence-corrected chi connectivity index (χ4v) is 5.73. The van der Waals surface area contributed by atoms with Gasteiger partial charge in [-0.05, 0) is 78.8 Å². The molecule has 6 nitrogen and oxygen atoms in total. The lowest BCUT2D eigenvalue weighted by molar-refractivity contribution is -0.0490. The summed E-state index contributed by atoms with van der Waals surface area (Å²) in [5.41, 5.74) is -0.450. The number of ether oxygens (including phenoxy) is 2. The van der Waals surface area contributed by atoms with Crippen LogP contribution in [-0.4, -0.2) is 90.0 Å². The summed E-state index contributed by atoms with van der Waals surface area (Å²) in [6.45, 7) is 13.2. The minimum Gasteiger partial charge on any atom is -0.444 e. The number of carbonyl (C=O) groups excluding carboxylic acids is 1. The average molecular weight is 408 g/mol. The van der Waals surface area contributed by atoms with Crippen molar-refractivity contribution in [1.82, 2.24) is 14.7 Å². The number of rotatable bonds is 2. The smallest absolute Gasteiger partial charge is 0.410 e. The van der Waals surface area contributed by atoms with Crippen LogP contribution in [0.3, 0.4) is 0 Å². The quantitative estimate of drug-likeness (QED) is 0.701. The van der Waals surface area contributed by atoms with Gasteiger partial charge in [0.25, 0.3) is 0 Å². The van der Waals surface area contributed by atoms with Crippen LogP contribution in [0.15, 0.2) is 0 Å². The van der Waals surface area contributed by atoms with Crippen molar-refractivity contribution in [3.05, 3.63) is 0 Å². The molecule has 0 N–H and O–H groups in total. The van der Waals surface area contributed by atoms with Crippen molar-refractivity contribution in [2.45, 2.75) is 95.4 Å². The van der Waals surface area contributed by atoms with Crippen molar-refractivity contribution in [2.75, 3.05) is 45.9 Å². The van der Waals surface area contributed by atoms with Crippen LogP contribution >= 0.6 is 0 Å². The predicted octanol–water partition coefficient (Wildman–Crippen LogP) is 3.50. The van der Waals surface area contributed by atoms with Crippen molar-refractivity contribution in [2.24, 2.45) is 0 Å². The van der Waals surface area contributed by atoms with Crippen LogP contribution in [0.5, 0.6) is 0 Å². The highest BCUT2D eigenvalue weighted by molar-refractivity contribution is 5.68. The van der Waals surface area contributed by atoms with Crippen molar-refractivity contribution in [1.29, 1.82) is 0 Å². The van der Waals surface area contributed by atoms with E-state index < -0.39 is 5.60 Å². The summed E-state index contributed by atoms with van der Waals surface area (Å²) in [6.07, 6.45) is 9.65. The minimum atomic E-state index is -0.429. The molecule has 0 aromatic heterocycles. The molecule has 4 aliphatic rings. The number of carbonyl (C=O) groups is 1. The molecule has 1 spiro atoms. The van der Waals surface area contributed by atoms with E-state index >= 15 is 0 Å². The van der Waals surface area contributed by atoms with Crippen molar-refractivity contribution in [3.63, 3.8) is 0 Å². The van der Waals surface area contributed by atoms with Gasteiger partial charge in [-0.1, -0.05) is 6.42 Å². The lowest BCUT2D eigenvalue weighted by Crippen LogP contribution is -2.50. The van der Waals surface area contributed by atoms with Gasteiger partial charge < -0.3 is 19.3 Å². The first-order valence-corrected chi connectivity index (χ1v) is 11.9. The monoisotopic (exact) mass is 407 g/mol. The lowest BCUT2D eigenvalue weighted by Gasteiger charge is -2.42. The van der Waals surface area contributed by atoms with Crippen LogP contribution in [-0.2, 0) is 9.47 Å². The first kappa shape index (κ1) is 21.4. The number of amides is 1. The molecular formula is C23H41N3O3. The highest BCUT2D eigenvalue weighted by Crippen LogP contribution is 2.38. The molecule has 0 bridgehead atoms. The molecule has 6 heteroatoms. The molecule has 0 saturated carbocycles. The molecular weight excluding hydrogens is 366 g/mol. The van der Waals surface area contributed by atoms with Gasteiger partial charge in [-0.25, -0.2) is 4.79 Å². The molecule has 166 valence electrons. The Kier molecular flexibility index (Phi) is 6.43. The van der Waals surface area contributed by atoms with E-state index in [1.165, 1.54) is 58.3 Å². The molecule has 4 rings (SSSR count). The molecule has 0 aliphatic carbocycles. The van der Waals surface area contributed by atoms with Crippen molar-refractivity contribution in [3.8, 4) is 0 Å². The van der Waals surface area contributed by atoms with Crippen LogP contribution < -0.4 is 0 Å². The van der Waals surface area contributed by atoms with Crippen molar-refractivity contribution < 1.29 is 14.3 Å². The van der Waals surface area contributed by atoms with E-state index in [9.17, 15) is 4.79 Å². The molecule has 4 saturated heterocycles. The van der Waals surface area contributed by atoms with Crippen LogP contribution in [0.4, 0.5) is 4.79 Å². The Morgan fingerprint density at radius 3 is 2.14 bits per heavy atom. The SMILES string of the molecule is CC(C)(C)OC(=O)N1CCC2(CC1)C[C@@H](N1CCC(N3CCCCC3)CC1)CO2. The molecule has 29 heavy (non-hydrogen) atoms. The standard InChI is InChI=1S/C23H41N3O3/c1-22(2,3)29-21(27)26-15-9-23(10-16-26)17-20(18-28-23)25-13-7-19(8-14-25)24-11-5-4-6-12-24/h19-20H,4-18H2,1-3H3/t20-/m1/s1. The third-order valence-corrected chi connectivity index (χ3v) is 7.44. The molecule has 1 atom stereocenters. The molecule has 0 aromatic carbocycles. The molecule has 0 radical (unpaired) electrons. The van der Waals surface area contributed by atoms with Gasteiger partial charge in [-0.2, -0.15) is 0 Å². The lowest BCUT2D eigenvalue weighted by atomic mass is 9.86. The largest absolute Gasteiger partial charge is 0.444 e. The van der Waals surface area contributed by atoms with Crippen LogP contribution in [0.2, 0.25) is 0 Å². The second-order valence-electron chi connectivity index (χ2n) is 10.7. The van der Waals surface area contributed by atoms with E-state index in [0.717, 1.165) is 45.0 Å². The Balaban J connectivity index is 1.22. The average Bonchev–Trinajstić information content (AvgIpc) is 3.11. The van der Waals surface area contributed by atoms with E-state index in [-0.39, 0.29) is 11.7 Å². The van der Waals surface area contributed by atoms with E-state index in [2.05, 4.69) is 9.80 Å². The second kappa shape index (κ2) is 8.72. The van der Waals surface area contributed by atoms with Gasteiger partial charge in [-0.3, -0.25) is 4.90 Å². The summed E-state index contributed by atoms with van der Waals surface area (Å²) in [5, 5.41) is 0. The van der Waals surface area contributed by atoms with Gasteiger partial charge in [0, 0.05) is 38.3 Å². The van der Waals surface area contributed by atoms with Crippen molar-refractivity contribution >= 4 is 6.09 Å². The molecule has 4 heterocycles. The summed E-state index contributed by atoms with van der Waals surface area (Å²) >= 11 is 0. The zero-order valence-corrected chi connectivity index (χ0v) is 18.8. The first-order valence-electron chi connectivity index (χ1n) is 11.9. The number of nitrogens with zero attached hydrogens (tertiary/aromatic N) is 3. The first-order chi connectivity index (χ1) is 13.8. The molecule has 4 aliphatic heterocycles. The normalized spacial score (nSPS) is 30.0. The predicted molar refractivity (Wildman–Crippen MR) is 114 cm³/mol. The Hall–Kier alpha value is -0.850. The maximum atomic E-state index is 12.3. The van der Waals surface area contributed by atoms with Crippen LogP contribution in [0, 0.1) is 0 Å². The Labute approximate surface area is 176 Å². The molecule has 1 amide bonds. The third kappa shape index (κ3) is 5.26. The van der Waals surface area contributed by atoms with Gasteiger partial charge in [0.2, 0.25) is 0 Å². The summed E-state index contributed by atoms with van der Waals surface area (Å²) in [7, 11) is 0. The summed E-state index contributed by atoms with van der Waals surface area (Å²) in [6, 6.07) is 1.37. The van der Waals surface area contributed by atoms with Gasteiger partial charge >= 0.3 is 6.09 Å². The maximum absolute atomic E-state index is 12.3. The van der Waals surface area contributed by atoms with Gasteiger partial charge in [0.05, 0.1) is 12.2 Å². The van der Waals surface area contributed by atoms with E-state index in [1.54, 1.807) is 0 Å². The highest BCUT2D eigenvalue weighted by Gasteiger charge is 2.46. The number of likely N-dealkylation sites (tertiary alicyclic amines) is 3. The van der Waals surface area contributed by atoms with E-state index in [1.807, 2.05) is 25.7 Å². The topological polar surface area (TPSA) is 45.2 Å². The Morgan fingerprint density at radius 1 is 0.897 bits per heavy atom. The summed E-state index contributed by atoms with van der Waals surface area (Å²) in [4.78, 5) is 19.6. The fourth-order valence-electron chi connectivity index (χ4n) is 5.73. The number of piperidine rings is 3. The summed E-state index contributed by atoms with van der Waals surface area (Å²) < 4.78 is 11.9. The Bertz CT molecular complexity index is 554. The number of hydrogen-bond donors (Lipinski definition) is 0. The number of hydrogen-bond acceptors (Lipinski definition) is 5. The van der Waals surface area contributed by atoms with Crippen LogP contribution in [0.25, 0.3) is 0 Å². The summed E-state index contributed by atoms with van der Waals surface area (Å²) in [5.74, 6) is 0. The fraction of sp³-hybridized carbons (Fsp3) is 0.957. The van der Waals surface area contributed by atoms with Gasteiger partial charge in [0.15, 0.2) is 0 Å². The molecule has 0 unspecified atom stereocenters. The van der Waals surface area contributed by atoms with E-state index in [4.69, 9.17) is 9.47 Å². The minimum absolute atomic E-state index is 0.0209. The van der Waals surface area contributed by atoms with Gasteiger partial charge in [-0.15, -0.1) is 0 Å². The molecule has 0 aromatic rings. The third-order valence-electron chi connectivity index (χ3n) is 7.44. The zero-order valence-electron chi connectivity index (χ0n) is 18.8. The zero-order chi connectivity index (χ0) is 20.5. The van der Waals surface area contributed by atoms with E-state index in [0.29, 0.717) is 6.04 Å². The molecule has 4 fully saturated rings. The van der Waals surface area contributed by atoms with Gasteiger partial charge in [0.1, 0.15) is 5.60 Å². The maximum Gasteiger partial charge on any atom is 0.410 e. The Morgan fingerprint density at radius 2 is 1.52 bits per heavy atom. The second-order valence-corrected chi connectivity index (χ2v) is 10.7.